The van der Waals surface area contributed by atoms with E-state index in [9.17, 15) is 0 Å². The smallest absolute Gasteiger partial charge is 0.127 e. The molecule has 1 aromatic rings. The lowest BCUT2D eigenvalue weighted by molar-refractivity contribution is 0.107. The van der Waals surface area contributed by atoms with Gasteiger partial charge in [0.25, 0.3) is 0 Å². The van der Waals surface area contributed by atoms with E-state index in [1.54, 1.807) is 0 Å². The molecule has 2 atom stereocenters. The molecule has 1 fully saturated rings. The molecule has 92 valence electrons. The van der Waals surface area contributed by atoms with E-state index >= 15 is 0 Å². The van der Waals surface area contributed by atoms with Crippen molar-refractivity contribution in [3.8, 4) is 5.75 Å². The summed E-state index contributed by atoms with van der Waals surface area (Å²) in [6.07, 6.45) is 3.09. The maximum absolute atomic E-state index is 6.50. The summed E-state index contributed by atoms with van der Waals surface area (Å²) < 4.78 is 11.3. The van der Waals surface area contributed by atoms with Crippen LogP contribution in [-0.2, 0) is 11.2 Å². The Morgan fingerprint density at radius 2 is 2.18 bits per heavy atom. The van der Waals surface area contributed by atoms with Gasteiger partial charge in [0.15, 0.2) is 0 Å². The largest absolute Gasteiger partial charge is 0.493 e. The molecule has 2 heterocycles. The molecule has 0 spiro atoms. The van der Waals surface area contributed by atoms with Crippen LogP contribution >= 0.6 is 23.2 Å². The number of fused-ring (bicyclic) bond motifs is 1. The first-order valence-electron chi connectivity index (χ1n) is 5.96. The van der Waals surface area contributed by atoms with Crippen molar-refractivity contribution >= 4 is 23.2 Å². The molecular formula is C13H14Cl2O2. The Balaban J connectivity index is 1.96. The predicted octanol–water partition coefficient (Wildman–Crippen LogP) is 3.73. The van der Waals surface area contributed by atoms with Gasteiger partial charge >= 0.3 is 0 Å². The Labute approximate surface area is 111 Å². The molecule has 0 radical (unpaired) electrons. The zero-order valence-corrected chi connectivity index (χ0v) is 10.9. The highest BCUT2D eigenvalue weighted by Crippen LogP contribution is 2.42. The van der Waals surface area contributed by atoms with Gasteiger partial charge < -0.3 is 9.47 Å². The van der Waals surface area contributed by atoms with Crippen molar-refractivity contribution < 1.29 is 9.47 Å². The topological polar surface area (TPSA) is 18.5 Å². The van der Waals surface area contributed by atoms with E-state index in [1.165, 1.54) is 0 Å². The third kappa shape index (κ3) is 2.14. The molecule has 0 aliphatic carbocycles. The van der Waals surface area contributed by atoms with Crippen molar-refractivity contribution in [3.63, 3.8) is 0 Å². The predicted molar refractivity (Wildman–Crippen MR) is 68.2 cm³/mol. The zero-order valence-electron chi connectivity index (χ0n) is 9.42. The second-order valence-electron chi connectivity index (χ2n) is 4.53. The van der Waals surface area contributed by atoms with E-state index in [0.29, 0.717) is 0 Å². The molecule has 1 saturated heterocycles. The van der Waals surface area contributed by atoms with E-state index in [-0.39, 0.29) is 11.5 Å². The first kappa shape index (κ1) is 11.6. The fraction of sp³-hybridized carbons (Fsp3) is 0.538. The normalized spacial score (nSPS) is 24.5. The minimum absolute atomic E-state index is 0.0865. The van der Waals surface area contributed by atoms with Gasteiger partial charge in [-0.15, -0.1) is 11.6 Å². The zero-order chi connectivity index (χ0) is 11.8. The summed E-state index contributed by atoms with van der Waals surface area (Å²) in [5.74, 6) is 0.921. The Morgan fingerprint density at radius 3 is 2.94 bits per heavy atom. The standard InChI is InChI=1S/C13H14Cl2O2/c14-9-6-8-3-5-17-13(8)10(7-9)12(15)11-2-1-4-16-11/h6-7,11-12H,1-5H2. The molecule has 17 heavy (non-hydrogen) atoms. The first-order chi connectivity index (χ1) is 8.25. The number of ether oxygens (including phenoxy) is 2. The van der Waals surface area contributed by atoms with Gasteiger partial charge in [0.1, 0.15) is 5.75 Å². The number of benzene rings is 1. The summed E-state index contributed by atoms with van der Waals surface area (Å²) in [7, 11) is 0. The Morgan fingerprint density at radius 1 is 1.29 bits per heavy atom. The van der Waals surface area contributed by atoms with Gasteiger partial charge in [-0.25, -0.2) is 0 Å². The fourth-order valence-corrected chi connectivity index (χ4v) is 3.15. The number of alkyl halides is 1. The summed E-state index contributed by atoms with van der Waals surface area (Å²) >= 11 is 12.6. The van der Waals surface area contributed by atoms with Gasteiger partial charge in [-0.1, -0.05) is 11.6 Å². The van der Waals surface area contributed by atoms with E-state index in [0.717, 1.165) is 54.4 Å². The highest BCUT2D eigenvalue weighted by molar-refractivity contribution is 6.31. The van der Waals surface area contributed by atoms with Crippen LogP contribution < -0.4 is 4.74 Å². The Kier molecular flexibility index (Phi) is 3.20. The molecule has 0 amide bonds. The molecule has 0 saturated carbocycles. The van der Waals surface area contributed by atoms with E-state index < -0.39 is 0 Å². The Bertz CT molecular complexity index is 428. The summed E-state index contributed by atoms with van der Waals surface area (Å²) in [5.41, 5.74) is 2.15. The minimum Gasteiger partial charge on any atom is -0.493 e. The molecule has 2 nitrogen and oxygen atoms in total. The SMILES string of the molecule is Clc1cc2c(c(C(Cl)C3CCCO3)c1)OCC2. The summed E-state index contributed by atoms with van der Waals surface area (Å²) in [5, 5.41) is 0.566. The second-order valence-corrected chi connectivity index (χ2v) is 5.44. The van der Waals surface area contributed by atoms with Gasteiger partial charge in [0.05, 0.1) is 18.1 Å². The van der Waals surface area contributed by atoms with Crippen LogP contribution in [0.3, 0.4) is 0 Å². The van der Waals surface area contributed by atoms with Gasteiger partial charge in [0, 0.05) is 23.6 Å². The van der Waals surface area contributed by atoms with E-state index in [1.807, 2.05) is 12.1 Å². The number of hydrogen-bond acceptors (Lipinski definition) is 2. The highest BCUT2D eigenvalue weighted by atomic mass is 35.5. The number of halogens is 2. The van der Waals surface area contributed by atoms with E-state index in [2.05, 4.69) is 0 Å². The summed E-state index contributed by atoms with van der Waals surface area (Å²) in [6, 6.07) is 3.87. The lowest BCUT2D eigenvalue weighted by Gasteiger charge is -2.19. The summed E-state index contributed by atoms with van der Waals surface area (Å²) in [4.78, 5) is 0. The fourth-order valence-electron chi connectivity index (χ4n) is 2.54. The molecular weight excluding hydrogens is 259 g/mol. The summed E-state index contributed by atoms with van der Waals surface area (Å²) in [6.45, 7) is 1.52. The van der Waals surface area contributed by atoms with Gasteiger partial charge in [0.2, 0.25) is 0 Å². The maximum Gasteiger partial charge on any atom is 0.127 e. The van der Waals surface area contributed by atoms with Crippen LogP contribution in [0, 0.1) is 0 Å². The van der Waals surface area contributed by atoms with Crippen molar-refractivity contribution in [1.82, 2.24) is 0 Å². The van der Waals surface area contributed by atoms with Crippen LogP contribution in [0.4, 0.5) is 0 Å². The average molecular weight is 273 g/mol. The minimum atomic E-state index is -0.164. The van der Waals surface area contributed by atoms with Gasteiger partial charge in [-0.3, -0.25) is 0 Å². The molecule has 4 heteroatoms. The Hall–Kier alpha value is -0.440. The maximum atomic E-state index is 6.50. The number of rotatable bonds is 2. The van der Waals surface area contributed by atoms with Crippen LogP contribution in [0.15, 0.2) is 12.1 Å². The molecule has 0 bridgehead atoms. The van der Waals surface area contributed by atoms with Crippen molar-refractivity contribution in [3.05, 3.63) is 28.3 Å². The van der Waals surface area contributed by atoms with Crippen molar-refractivity contribution in [2.45, 2.75) is 30.7 Å². The van der Waals surface area contributed by atoms with E-state index in [4.69, 9.17) is 32.7 Å². The van der Waals surface area contributed by atoms with Crippen molar-refractivity contribution in [2.24, 2.45) is 0 Å². The first-order valence-corrected chi connectivity index (χ1v) is 6.78. The molecule has 1 aromatic carbocycles. The van der Waals surface area contributed by atoms with Crippen LogP contribution in [0.5, 0.6) is 5.75 Å². The molecule has 2 unspecified atom stereocenters. The quantitative estimate of drug-likeness (QED) is 0.764. The molecule has 0 N–H and O–H groups in total. The molecule has 3 rings (SSSR count). The van der Waals surface area contributed by atoms with Crippen LogP contribution in [0.2, 0.25) is 5.02 Å². The van der Waals surface area contributed by atoms with Crippen molar-refractivity contribution in [2.75, 3.05) is 13.2 Å². The third-order valence-corrected chi connectivity index (χ3v) is 4.10. The van der Waals surface area contributed by atoms with Crippen LogP contribution in [0.1, 0.15) is 29.3 Å². The highest BCUT2D eigenvalue weighted by Gasteiger charge is 2.30. The monoisotopic (exact) mass is 272 g/mol. The third-order valence-electron chi connectivity index (χ3n) is 3.37. The van der Waals surface area contributed by atoms with Crippen LogP contribution in [-0.4, -0.2) is 19.3 Å². The molecule has 2 aliphatic rings. The van der Waals surface area contributed by atoms with Gasteiger partial charge in [-0.05, 0) is 30.5 Å². The lowest BCUT2D eigenvalue weighted by atomic mass is 10.0. The van der Waals surface area contributed by atoms with Gasteiger partial charge in [-0.2, -0.15) is 0 Å². The molecule has 0 aromatic heterocycles. The van der Waals surface area contributed by atoms with Crippen molar-refractivity contribution in [1.29, 1.82) is 0 Å². The average Bonchev–Trinajstić information content (AvgIpc) is 2.97. The lowest BCUT2D eigenvalue weighted by Crippen LogP contribution is -2.13. The number of hydrogen-bond donors (Lipinski definition) is 0. The molecule has 2 aliphatic heterocycles. The second kappa shape index (κ2) is 4.68. The van der Waals surface area contributed by atoms with Crippen LogP contribution in [0.25, 0.3) is 0 Å².